The molecule has 1 aliphatic carbocycles. The number of benzene rings is 1. The van der Waals surface area contributed by atoms with E-state index >= 15 is 0 Å². The van der Waals surface area contributed by atoms with E-state index in [9.17, 15) is 4.79 Å². The molecule has 10 heteroatoms. The Balaban J connectivity index is 1.16. The Hall–Kier alpha value is -3.89. The van der Waals surface area contributed by atoms with Crippen LogP contribution in [0.1, 0.15) is 29.4 Å². The summed E-state index contributed by atoms with van der Waals surface area (Å²) >= 11 is 2.85. The van der Waals surface area contributed by atoms with Crippen molar-refractivity contribution in [1.29, 1.82) is 0 Å². The average Bonchev–Trinajstić information content (AvgIpc) is 3.24. The van der Waals surface area contributed by atoms with E-state index in [1.54, 1.807) is 18.2 Å². The highest BCUT2D eigenvalue weighted by molar-refractivity contribution is 7.19. The fraction of sp³-hybridized carbons (Fsp3) is 0.192. The number of nitrogens with one attached hydrogen (secondary N) is 2. The summed E-state index contributed by atoms with van der Waals surface area (Å²) in [5, 5.41) is 9.71. The molecule has 1 aliphatic rings. The van der Waals surface area contributed by atoms with E-state index in [1.165, 1.54) is 35.5 Å². The third kappa shape index (κ3) is 4.65. The second-order valence-corrected chi connectivity index (χ2v) is 10.7. The zero-order valence-corrected chi connectivity index (χ0v) is 21.1. The first-order valence-electron chi connectivity index (χ1n) is 11.7. The Kier molecular flexibility index (Phi) is 5.82. The van der Waals surface area contributed by atoms with Gasteiger partial charge in [-0.3, -0.25) is 9.20 Å². The van der Waals surface area contributed by atoms with Crippen LogP contribution in [0.3, 0.4) is 0 Å². The topological polar surface area (TPSA) is 107 Å². The number of nitrogens with two attached hydrogens (primary N) is 1. The standard InChI is InChI=1S/C26H24N6O2S2/c1-15(16-6-7-16)34-17-8-10-23-28-12-21(32(23)13-17)20-14-35-26(30-20)31-24-11-9-22(36-24)25(33)29-19-5-3-2-4-18(19)27/h2-5,8-16H,6-7,27H2,1H3,(H,29,33)(H,30,31). The Morgan fingerprint density at radius 3 is 2.89 bits per heavy atom. The van der Waals surface area contributed by atoms with Gasteiger partial charge < -0.3 is 21.1 Å². The number of aromatic nitrogens is 3. The van der Waals surface area contributed by atoms with Crippen molar-refractivity contribution in [2.75, 3.05) is 16.4 Å². The van der Waals surface area contributed by atoms with Crippen LogP contribution in [0.25, 0.3) is 17.0 Å². The van der Waals surface area contributed by atoms with E-state index in [0.717, 1.165) is 32.9 Å². The lowest BCUT2D eigenvalue weighted by Crippen LogP contribution is -2.14. The normalized spacial score (nSPS) is 14.0. The quantitative estimate of drug-likeness (QED) is 0.210. The number of nitrogen functional groups attached to an aromatic ring is 1. The molecule has 4 N–H and O–H groups in total. The average molecular weight is 517 g/mol. The third-order valence-electron chi connectivity index (χ3n) is 6.12. The first kappa shape index (κ1) is 22.6. The fourth-order valence-electron chi connectivity index (χ4n) is 3.97. The summed E-state index contributed by atoms with van der Waals surface area (Å²) in [7, 11) is 0. The SMILES string of the molecule is CC(Oc1ccc2ncc(-c3csc(Nc4ccc(C(=O)Nc5ccccc5N)s4)n3)n2c1)C1CC1. The van der Waals surface area contributed by atoms with Gasteiger partial charge in [0.25, 0.3) is 5.91 Å². The zero-order chi connectivity index (χ0) is 24.6. The third-order valence-corrected chi connectivity index (χ3v) is 7.88. The molecule has 1 fully saturated rings. The summed E-state index contributed by atoms with van der Waals surface area (Å²) in [4.78, 5) is 22.5. The number of fused-ring (bicyclic) bond motifs is 1. The maximum absolute atomic E-state index is 12.6. The molecule has 1 unspecified atom stereocenters. The smallest absolute Gasteiger partial charge is 0.265 e. The van der Waals surface area contributed by atoms with E-state index in [1.807, 2.05) is 52.5 Å². The van der Waals surface area contributed by atoms with Gasteiger partial charge in [0, 0.05) is 5.38 Å². The van der Waals surface area contributed by atoms with Crippen LogP contribution in [-0.2, 0) is 0 Å². The molecular formula is C26H24N6O2S2. The summed E-state index contributed by atoms with van der Waals surface area (Å²) < 4.78 is 8.15. The van der Waals surface area contributed by atoms with Crippen molar-refractivity contribution in [3.8, 4) is 17.1 Å². The first-order chi connectivity index (χ1) is 17.5. The van der Waals surface area contributed by atoms with Gasteiger partial charge in [-0.25, -0.2) is 9.97 Å². The van der Waals surface area contributed by atoms with Gasteiger partial charge >= 0.3 is 0 Å². The molecule has 4 heterocycles. The molecule has 1 aromatic carbocycles. The maximum Gasteiger partial charge on any atom is 0.265 e. The predicted molar refractivity (Wildman–Crippen MR) is 146 cm³/mol. The maximum atomic E-state index is 12.6. The van der Waals surface area contributed by atoms with E-state index in [-0.39, 0.29) is 12.0 Å². The Morgan fingerprint density at radius 2 is 2.06 bits per heavy atom. The number of nitrogens with zero attached hydrogens (tertiary/aromatic N) is 3. The molecule has 0 radical (unpaired) electrons. The molecule has 1 atom stereocenters. The van der Waals surface area contributed by atoms with Gasteiger partial charge in [-0.15, -0.1) is 22.7 Å². The fourth-order valence-corrected chi connectivity index (χ4v) is 5.55. The number of carbonyl (C=O) groups is 1. The zero-order valence-electron chi connectivity index (χ0n) is 19.5. The Morgan fingerprint density at radius 1 is 1.19 bits per heavy atom. The second-order valence-electron chi connectivity index (χ2n) is 8.77. The molecule has 1 amide bonds. The number of hydrogen-bond acceptors (Lipinski definition) is 8. The molecule has 0 aliphatic heterocycles. The molecule has 0 saturated heterocycles. The molecule has 5 aromatic rings. The number of anilines is 4. The lowest BCUT2D eigenvalue weighted by molar-refractivity contribution is 0.103. The van der Waals surface area contributed by atoms with Crippen LogP contribution in [0, 0.1) is 5.92 Å². The van der Waals surface area contributed by atoms with Crippen molar-refractivity contribution in [2.45, 2.75) is 25.9 Å². The summed E-state index contributed by atoms with van der Waals surface area (Å²) in [5.41, 5.74) is 9.60. The molecule has 6 rings (SSSR count). The summed E-state index contributed by atoms with van der Waals surface area (Å²) in [5.74, 6) is 1.29. The Bertz CT molecular complexity index is 1550. The number of imidazole rings is 1. The molecule has 0 spiro atoms. The highest BCUT2D eigenvalue weighted by Crippen LogP contribution is 2.35. The van der Waals surface area contributed by atoms with Crippen molar-refractivity contribution in [2.24, 2.45) is 5.92 Å². The van der Waals surface area contributed by atoms with Crippen LogP contribution in [0.4, 0.5) is 21.5 Å². The van der Waals surface area contributed by atoms with Crippen LogP contribution < -0.4 is 21.1 Å². The van der Waals surface area contributed by atoms with Crippen LogP contribution in [-0.4, -0.2) is 26.4 Å². The van der Waals surface area contributed by atoms with Crippen molar-refractivity contribution >= 4 is 55.7 Å². The number of thiazole rings is 1. The van der Waals surface area contributed by atoms with Crippen LogP contribution in [0.5, 0.6) is 5.75 Å². The van der Waals surface area contributed by atoms with Gasteiger partial charge in [0.1, 0.15) is 17.1 Å². The summed E-state index contributed by atoms with van der Waals surface area (Å²) in [6.45, 7) is 2.13. The lowest BCUT2D eigenvalue weighted by Gasteiger charge is -2.14. The number of pyridine rings is 1. The highest BCUT2D eigenvalue weighted by atomic mass is 32.1. The van der Waals surface area contributed by atoms with Gasteiger partial charge in [-0.05, 0) is 62.1 Å². The largest absolute Gasteiger partial charge is 0.489 e. The summed E-state index contributed by atoms with van der Waals surface area (Å²) in [6.07, 6.45) is 6.50. The minimum Gasteiger partial charge on any atom is -0.489 e. The van der Waals surface area contributed by atoms with Gasteiger partial charge in [0.05, 0.1) is 45.4 Å². The molecule has 1 saturated carbocycles. The number of amides is 1. The van der Waals surface area contributed by atoms with Crippen LogP contribution in [0.15, 0.2) is 66.3 Å². The number of ether oxygens (including phenoxy) is 1. The van der Waals surface area contributed by atoms with Gasteiger partial charge in [0.2, 0.25) is 0 Å². The minimum absolute atomic E-state index is 0.203. The van der Waals surface area contributed by atoms with E-state index in [0.29, 0.717) is 22.2 Å². The van der Waals surface area contributed by atoms with Gasteiger partial charge in [0.15, 0.2) is 5.13 Å². The van der Waals surface area contributed by atoms with E-state index < -0.39 is 0 Å². The van der Waals surface area contributed by atoms with E-state index in [2.05, 4.69) is 22.5 Å². The Labute approximate surface area is 215 Å². The second kappa shape index (κ2) is 9.29. The monoisotopic (exact) mass is 516 g/mol. The highest BCUT2D eigenvalue weighted by Gasteiger charge is 2.29. The van der Waals surface area contributed by atoms with Gasteiger partial charge in [-0.1, -0.05) is 12.1 Å². The molecule has 182 valence electrons. The van der Waals surface area contributed by atoms with Crippen molar-refractivity contribution in [3.05, 3.63) is 71.2 Å². The number of rotatable bonds is 8. The first-order valence-corrected chi connectivity index (χ1v) is 13.4. The number of carbonyl (C=O) groups excluding carboxylic acids is 1. The predicted octanol–water partition coefficient (Wildman–Crippen LogP) is 6.27. The molecule has 8 nitrogen and oxygen atoms in total. The molecule has 4 aromatic heterocycles. The number of hydrogen-bond donors (Lipinski definition) is 3. The van der Waals surface area contributed by atoms with Crippen LogP contribution in [0.2, 0.25) is 0 Å². The van der Waals surface area contributed by atoms with Gasteiger partial charge in [-0.2, -0.15) is 0 Å². The van der Waals surface area contributed by atoms with Crippen molar-refractivity contribution in [1.82, 2.24) is 14.4 Å². The summed E-state index contributed by atoms with van der Waals surface area (Å²) in [6, 6.07) is 14.8. The van der Waals surface area contributed by atoms with Crippen LogP contribution >= 0.6 is 22.7 Å². The van der Waals surface area contributed by atoms with Crippen molar-refractivity contribution in [3.63, 3.8) is 0 Å². The van der Waals surface area contributed by atoms with E-state index in [4.69, 9.17) is 15.5 Å². The minimum atomic E-state index is -0.203. The van der Waals surface area contributed by atoms with Crippen molar-refractivity contribution < 1.29 is 9.53 Å². The lowest BCUT2D eigenvalue weighted by atomic mass is 10.2. The molecular weight excluding hydrogens is 492 g/mol. The molecule has 36 heavy (non-hydrogen) atoms. The number of thiophene rings is 1. The molecule has 0 bridgehead atoms. The number of para-hydroxylation sites is 2.